The van der Waals surface area contributed by atoms with E-state index >= 15 is 0 Å². The lowest BCUT2D eigenvalue weighted by molar-refractivity contribution is -0.136. The third-order valence-corrected chi connectivity index (χ3v) is 5.97. The van der Waals surface area contributed by atoms with Gasteiger partial charge in [0.05, 0.1) is 12.1 Å². The number of hydrogen-bond donors (Lipinski definition) is 2. The van der Waals surface area contributed by atoms with Crippen LogP contribution in [0.2, 0.25) is 5.02 Å². The van der Waals surface area contributed by atoms with Crippen LogP contribution < -0.4 is 5.32 Å². The maximum atomic E-state index is 13.1. The molecule has 160 valence electrons. The molecule has 2 aromatic rings. The second kappa shape index (κ2) is 10.6. The summed E-state index contributed by atoms with van der Waals surface area (Å²) in [5.41, 5.74) is 1.87. The van der Waals surface area contributed by atoms with Gasteiger partial charge in [-0.05, 0) is 36.5 Å². The van der Waals surface area contributed by atoms with Crippen LogP contribution in [0.15, 0.2) is 54.6 Å². The third kappa shape index (κ3) is 5.61. The van der Waals surface area contributed by atoms with Crippen molar-refractivity contribution in [3.05, 3.63) is 70.7 Å². The fourth-order valence-electron chi connectivity index (χ4n) is 3.94. The Morgan fingerprint density at radius 2 is 1.90 bits per heavy atom. The SMILES string of the molecule is CCCC(O)C(Cc1ccccc1)NC(=O)[C@H]1CCC(=O)N1Cc1ccccc1Cl. The van der Waals surface area contributed by atoms with Crippen LogP contribution in [0, 0.1) is 0 Å². The third-order valence-electron chi connectivity index (χ3n) is 5.60. The maximum absolute atomic E-state index is 13.1. The first-order chi connectivity index (χ1) is 14.5. The van der Waals surface area contributed by atoms with Crippen LogP contribution in [0.25, 0.3) is 0 Å². The summed E-state index contributed by atoms with van der Waals surface area (Å²) in [6.07, 6.45) is 2.13. The predicted molar refractivity (Wildman–Crippen MR) is 118 cm³/mol. The van der Waals surface area contributed by atoms with Crippen molar-refractivity contribution in [2.45, 2.75) is 63.8 Å². The minimum atomic E-state index is -0.645. The summed E-state index contributed by atoms with van der Waals surface area (Å²) in [5.74, 6) is -0.271. The molecule has 0 aromatic heterocycles. The fraction of sp³-hybridized carbons (Fsp3) is 0.417. The lowest BCUT2D eigenvalue weighted by Crippen LogP contribution is -2.51. The Morgan fingerprint density at radius 3 is 2.60 bits per heavy atom. The zero-order valence-corrected chi connectivity index (χ0v) is 18.0. The van der Waals surface area contributed by atoms with Crippen LogP contribution in [-0.2, 0) is 22.6 Å². The number of nitrogens with zero attached hydrogens (tertiary/aromatic N) is 1. The minimum absolute atomic E-state index is 0.0521. The highest BCUT2D eigenvalue weighted by Gasteiger charge is 2.37. The van der Waals surface area contributed by atoms with Gasteiger partial charge in [-0.1, -0.05) is 73.5 Å². The predicted octanol–water partition coefficient (Wildman–Crippen LogP) is 3.72. The zero-order valence-electron chi connectivity index (χ0n) is 17.3. The first-order valence-electron chi connectivity index (χ1n) is 10.5. The Hall–Kier alpha value is -2.37. The first-order valence-corrected chi connectivity index (χ1v) is 10.9. The number of aliphatic hydroxyl groups excluding tert-OH is 1. The van der Waals surface area contributed by atoms with Gasteiger partial charge in [-0.3, -0.25) is 9.59 Å². The van der Waals surface area contributed by atoms with E-state index < -0.39 is 18.2 Å². The molecule has 3 atom stereocenters. The molecular weight excluding hydrogens is 400 g/mol. The molecule has 5 nitrogen and oxygen atoms in total. The van der Waals surface area contributed by atoms with Crippen LogP contribution in [0.5, 0.6) is 0 Å². The standard InChI is InChI=1S/C24H29ClN2O3/c1-2-8-22(28)20(15-17-9-4-3-5-10-17)26-24(30)21-13-14-23(29)27(21)16-18-11-6-7-12-19(18)25/h3-7,9-12,20-22,28H,2,8,13-16H2,1H3,(H,26,30)/t20?,21-,22?/m1/s1. The number of aliphatic hydroxyl groups is 1. The first kappa shape index (κ1) is 22.3. The number of amides is 2. The molecule has 1 saturated heterocycles. The quantitative estimate of drug-likeness (QED) is 0.639. The van der Waals surface area contributed by atoms with E-state index in [2.05, 4.69) is 5.32 Å². The monoisotopic (exact) mass is 428 g/mol. The van der Waals surface area contributed by atoms with E-state index in [1.807, 2.05) is 55.5 Å². The number of carbonyl (C=O) groups is 2. The van der Waals surface area contributed by atoms with Crippen LogP contribution >= 0.6 is 11.6 Å². The zero-order chi connectivity index (χ0) is 21.5. The van der Waals surface area contributed by atoms with Gasteiger partial charge >= 0.3 is 0 Å². The molecule has 2 amide bonds. The Labute approximate surface area is 183 Å². The van der Waals surface area contributed by atoms with Crippen molar-refractivity contribution in [2.24, 2.45) is 0 Å². The highest BCUT2D eigenvalue weighted by Crippen LogP contribution is 2.25. The summed E-state index contributed by atoms with van der Waals surface area (Å²) in [4.78, 5) is 27.2. The summed E-state index contributed by atoms with van der Waals surface area (Å²) in [6, 6.07) is 16.2. The summed E-state index contributed by atoms with van der Waals surface area (Å²) < 4.78 is 0. The molecule has 1 aliphatic heterocycles. The average molecular weight is 429 g/mol. The van der Waals surface area contributed by atoms with Crippen molar-refractivity contribution in [1.29, 1.82) is 0 Å². The number of rotatable bonds is 9. The second-order valence-corrected chi connectivity index (χ2v) is 8.24. The molecule has 0 aliphatic carbocycles. The van der Waals surface area contributed by atoms with E-state index in [0.29, 0.717) is 37.3 Å². The van der Waals surface area contributed by atoms with Gasteiger partial charge in [-0.15, -0.1) is 0 Å². The number of likely N-dealkylation sites (tertiary alicyclic amines) is 1. The summed E-state index contributed by atoms with van der Waals surface area (Å²) in [5, 5.41) is 14.2. The Morgan fingerprint density at radius 1 is 1.20 bits per heavy atom. The van der Waals surface area contributed by atoms with Gasteiger partial charge in [-0.2, -0.15) is 0 Å². The molecule has 0 spiro atoms. The topological polar surface area (TPSA) is 69.6 Å². The number of nitrogens with one attached hydrogen (secondary N) is 1. The van der Waals surface area contributed by atoms with Gasteiger partial charge in [0.2, 0.25) is 11.8 Å². The highest BCUT2D eigenvalue weighted by molar-refractivity contribution is 6.31. The lowest BCUT2D eigenvalue weighted by atomic mass is 9.98. The van der Waals surface area contributed by atoms with E-state index in [1.165, 1.54) is 0 Å². The average Bonchev–Trinajstić information content (AvgIpc) is 3.10. The molecule has 2 unspecified atom stereocenters. The molecule has 30 heavy (non-hydrogen) atoms. The van der Waals surface area contributed by atoms with E-state index in [1.54, 1.807) is 11.0 Å². The van der Waals surface area contributed by atoms with Crippen molar-refractivity contribution in [2.75, 3.05) is 0 Å². The van der Waals surface area contributed by atoms with Crippen LogP contribution in [0.1, 0.15) is 43.7 Å². The van der Waals surface area contributed by atoms with E-state index in [-0.39, 0.29) is 11.8 Å². The van der Waals surface area contributed by atoms with Gasteiger partial charge in [0, 0.05) is 18.0 Å². The van der Waals surface area contributed by atoms with E-state index in [4.69, 9.17) is 11.6 Å². The molecule has 3 rings (SSSR count). The highest BCUT2D eigenvalue weighted by atomic mass is 35.5. The molecule has 2 N–H and O–H groups in total. The molecule has 2 aromatic carbocycles. The second-order valence-electron chi connectivity index (χ2n) is 7.83. The largest absolute Gasteiger partial charge is 0.391 e. The molecule has 0 bridgehead atoms. The maximum Gasteiger partial charge on any atom is 0.243 e. The van der Waals surface area contributed by atoms with Crippen LogP contribution in [0.3, 0.4) is 0 Å². The van der Waals surface area contributed by atoms with E-state index in [0.717, 1.165) is 17.5 Å². The summed E-state index contributed by atoms with van der Waals surface area (Å²) in [6.45, 7) is 2.31. The van der Waals surface area contributed by atoms with Gasteiger partial charge in [0.15, 0.2) is 0 Å². The Bertz CT molecular complexity index is 859. The molecular formula is C24H29ClN2O3. The van der Waals surface area contributed by atoms with Gasteiger partial charge in [-0.25, -0.2) is 0 Å². The van der Waals surface area contributed by atoms with Gasteiger partial charge < -0.3 is 15.3 Å². The van der Waals surface area contributed by atoms with E-state index in [9.17, 15) is 14.7 Å². The lowest BCUT2D eigenvalue weighted by Gasteiger charge is -2.29. The molecule has 6 heteroatoms. The summed E-state index contributed by atoms with van der Waals surface area (Å²) >= 11 is 6.26. The molecule has 1 heterocycles. The molecule has 1 aliphatic rings. The van der Waals surface area contributed by atoms with Crippen molar-refractivity contribution >= 4 is 23.4 Å². The smallest absolute Gasteiger partial charge is 0.243 e. The number of carbonyl (C=O) groups excluding carboxylic acids is 2. The van der Waals surface area contributed by atoms with Crippen molar-refractivity contribution in [3.8, 4) is 0 Å². The van der Waals surface area contributed by atoms with Crippen molar-refractivity contribution in [3.63, 3.8) is 0 Å². The van der Waals surface area contributed by atoms with Crippen molar-refractivity contribution < 1.29 is 14.7 Å². The van der Waals surface area contributed by atoms with Crippen molar-refractivity contribution in [1.82, 2.24) is 10.2 Å². The molecule has 1 fully saturated rings. The Balaban J connectivity index is 1.73. The minimum Gasteiger partial charge on any atom is -0.391 e. The van der Waals surface area contributed by atoms with Crippen LogP contribution in [-0.4, -0.2) is 40.0 Å². The van der Waals surface area contributed by atoms with Gasteiger partial charge in [0.1, 0.15) is 6.04 Å². The number of halogens is 1. The normalized spacial score (nSPS) is 18.3. The number of hydrogen-bond acceptors (Lipinski definition) is 3. The Kier molecular flexibility index (Phi) is 7.88. The fourth-order valence-corrected chi connectivity index (χ4v) is 4.14. The summed E-state index contributed by atoms with van der Waals surface area (Å²) in [7, 11) is 0. The molecule has 0 radical (unpaired) electrons. The van der Waals surface area contributed by atoms with Crippen LogP contribution in [0.4, 0.5) is 0 Å². The molecule has 0 saturated carbocycles. The van der Waals surface area contributed by atoms with Gasteiger partial charge in [0.25, 0.3) is 0 Å². The number of benzene rings is 2.